The molecular formula is C12H13NO5S. The fraction of sp³-hybridized carbons (Fsp3) is 0.417. The van der Waals surface area contributed by atoms with Crippen LogP contribution in [0, 0.1) is 0 Å². The summed E-state index contributed by atoms with van der Waals surface area (Å²) >= 11 is 1.55. The van der Waals surface area contributed by atoms with Gasteiger partial charge < -0.3 is 19.3 Å². The summed E-state index contributed by atoms with van der Waals surface area (Å²) in [5.41, 5.74) is 0.926. The number of ether oxygens (including phenoxy) is 3. The van der Waals surface area contributed by atoms with Crippen LogP contribution in [-0.2, 0) is 4.79 Å². The van der Waals surface area contributed by atoms with Crippen molar-refractivity contribution in [2.45, 2.75) is 11.4 Å². The highest BCUT2D eigenvalue weighted by atomic mass is 32.2. The second kappa shape index (κ2) is 4.82. The average Bonchev–Trinajstić information content (AvgIpc) is 3.05. The highest BCUT2D eigenvalue weighted by molar-refractivity contribution is 7.99. The lowest BCUT2D eigenvalue weighted by atomic mass is 10.1. The van der Waals surface area contributed by atoms with Crippen LogP contribution in [0.2, 0.25) is 0 Å². The molecule has 2 N–H and O–H groups in total. The minimum absolute atomic E-state index is 0.0792. The van der Waals surface area contributed by atoms with Gasteiger partial charge in [0, 0.05) is 5.75 Å². The summed E-state index contributed by atoms with van der Waals surface area (Å²) in [6, 6.07) is 3.19. The van der Waals surface area contributed by atoms with Crippen molar-refractivity contribution in [3.05, 3.63) is 17.7 Å². The van der Waals surface area contributed by atoms with Crippen LogP contribution in [0.5, 0.6) is 17.2 Å². The van der Waals surface area contributed by atoms with E-state index in [2.05, 4.69) is 5.32 Å². The molecule has 2 unspecified atom stereocenters. The largest absolute Gasteiger partial charge is 0.493 e. The third kappa shape index (κ3) is 2.19. The summed E-state index contributed by atoms with van der Waals surface area (Å²) in [6.45, 7) is 0.179. The topological polar surface area (TPSA) is 77.0 Å². The van der Waals surface area contributed by atoms with Crippen molar-refractivity contribution in [3.63, 3.8) is 0 Å². The van der Waals surface area contributed by atoms with Crippen molar-refractivity contribution in [1.82, 2.24) is 5.32 Å². The number of carboxylic acid groups (broad SMARTS) is 1. The van der Waals surface area contributed by atoms with Gasteiger partial charge in [0.2, 0.25) is 12.5 Å². The fourth-order valence-corrected chi connectivity index (χ4v) is 3.32. The molecule has 2 heterocycles. The van der Waals surface area contributed by atoms with Crippen LogP contribution in [0.15, 0.2) is 12.1 Å². The number of hydrogen-bond acceptors (Lipinski definition) is 6. The average molecular weight is 283 g/mol. The van der Waals surface area contributed by atoms with Gasteiger partial charge in [-0.2, -0.15) is 0 Å². The number of thioether (sulfide) groups is 1. The molecule has 6 nitrogen and oxygen atoms in total. The summed E-state index contributed by atoms with van der Waals surface area (Å²) in [5, 5.41) is 12.0. The third-order valence-electron chi connectivity index (χ3n) is 3.06. The molecule has 0 saturated carbocycles. The Balaban J connectivity index is 1.88. The number of aliphatic carboxylic acids is 1. The summed E-state index contributed by atoms with van der Waals surface area (Å²) in [6.07, 6.45) is 0. The van der Waals surface area contributed by atoms with E-state index in [1.165, 1.54) is 0 Å². The van der Waals surface area contributed by atoms with E-state index in [9.17, 15) is 4.79 Å². The van der Waals surface area contributed by atoms with Gasteiger partial charge in [-0.15, -0.1) is 11.8 Å². The van der Waals surface area contributed by atoms with Crippen molar-refractivity contribution in [2.75, 3.05) is 19.7 Å². The quantitative estimate of drug-likeness (QED) is 0.863. The van der Waals surface area contributed by atoms with E-state index in [1.807, 2.05) is 12.1 Å². The molecule has 3 rings (SSSR count). The van der Waals surface area contributed by atoms with Gasteiger partial charge in [-0.1, -0.05) is 0 Å². The smallest absolute Gasteiger partial charge is 0.321 e. The highest BCUT2D eigenvalue weighted by Gasteiger charge is 2.32. The lowest BCUT2D eigenvalue weighted by Gasteiger charge is -2.14. The van der Waals surface area contributed by atoms with E-state index in [-0.39, 0.29) is 12.2 Å². The van der Waals surface area contributed by atoms with Crippen LogP contribution in [0.4, 0.5) is 0 Å². The zero-order valence-corrected chi connectivity index (χ0v) is 11.0. The molecule has 19 heavy (non-hydrogen) atoms. The molecule has 1 saturated heterocycles. The Morgan fingerprint density at radius 2 is 2.37 bits per heavy atom. The molecule has 0 radical (unpaired) electrons. The molecule has 0 spiro atoms. The Labute approximate surface area is 114 Å². The van der Waals surface area contributed by atoms with Gasteiger partial charge in [0.25, 0.3) is 0 Å². The van der Waals surface area contributed by atoms with Gasteiger partial charge in [0.05, 0.1) is 12.5 Å². The Bertz CT molecular complexity index is 521. The molecule has 2 aliphatic heterocycles. The predicted octanol–water partition coefficient (Wildman–Crippen LogP) is 1.21. The molecular weight excluding hydrogens is 270 g/mol. The normalized spacial score (nSPS) is 24.5. The molecule has 1 aromatic rings. The van der Waals surface area contributed by atoms with Crippen LogP contribution in [0.1, 0.15) is 10.9 Å². The minimum atomic E-state index is -0.831. The number of methoxy groups -OCH3 is 1. The standard InChI is InChI=1S/C12H13NO5S/c1-16-8-2-6(3-9-10(8)18-5-17-9)11-13-7(4-19-11)12(14)15/h2-3,7,11,13H,4-5H2,1H3,(H,14,15). The lowest BCUT2D eigenvalue weighted by molar-refractivity contribution is -0.138. The Hall–Kier alpha value is -1.60. The van der Waals surface area contributed by atoms with Gasteiger partial charge in [-0.05, 0) is 17.7 Å². The molecule has 1 aromatic carbocycles. The summed E-state index contributed by atoms with van der Waals surface area (Å²) in [7, 11) is 1.57. The number of nitrogens with one attached hydrogen (secondary N) is 1. The maximum absolute atomic E-state index is 10.9. The van der Waals surface area contributed by atoms with Crippen LogP contribution >= 0.6 is 11.8 Å². The number of carboxylic acids is 1. The Morgan fingerprint density at radius 3 is 3.05 bits per heavy atom. The molecule has 102 valence electrons. The zero-order valence-electron chi connectivity index (χ0n) is 10.2. The second-order valence-electron chi connectivity index (χ2n) is 4.23. The second-order valence-corrected chi connectivity index (χ2v) is 5.37. The first-order valence-corrected chi connectivity index (χ1v) is 6.82. The van der Waals surface area contributed by atoms with Gasteiger partial charge in [-0.3, -0.25) is 10.1 Å². The van der Waals surface area contributed by atoms with Crippen molar-refractivity contribution in [3.8, 4) is 17.2 Å². The molecule has 0 aliphatic carbocycles. The summed E-state index contributed by atoms with van der Waals surface area (Å²) in [4.78, 5) is 10.9. The summed E-state index contributed by atoms with van der Waals surface area (Å²) < 4.78 is 16.0. The number of carbonyl (C=O) groups is 1. The Morgan fingerprint density at radius 1 is 1.53 bits per heavy atom. The van der Waals surface area contributed by atoms with E-state index in [4.69, 9.17) is 19.3 Å². The monoisotopic (exact) mass is 283 g/mol. The first-order chi connectivity index (χ1) is 9.19. The fourth-order valence-electron chi connectivity index (χ4n) is 2.11. The van der Waals surface area contributed by atoms with Gasteiger partial charge in [0.1, 0.15) is 6.04 Å². The molecule has 2 aliphatic rings. The van der Waals surface area contributed by atoms with E-state index in [1.54, 1.807) is 18.9 Å². The molecule has 2 atom stereocenters. The lowest BCUT2D eigenvalue weighted by Crippen LogP contribution is -2.33. The zero-order chi connectivity index (χ0) is 13.4. The maximum atomic E-state index is 10.9. The van der Waals surface area contributed by atoms with E-state index in [0.717, 1.165) is 5.56 Å². The van der Waals surface area contributed by atoms with Crippen LogP contribution in [0.25, 0.3) is 0 Å². The first kappa shape index (κ1) is 12.4. The van der Waals surface area contributed by atoms with E-state index < -0.39 is 12.0 Å². The van der Waals surface area contributed by atoms with Gasteiger partial charge in [0.15, 0.2) is 11.5 Å². The predicted molar refractivity (Wildman–Crippen MR) is 68.9 cm³/mol. The Kier molecular flexibility index (Phi) is 3.16. The van der Waals surface area contributed by atoms with Crippen LogP contribution in [0.3, 0.4) is 0 Å². The van der Waals surface area contributed by atoms with Gasteiger partial charge >= 0.3 is 5.97 Å². The molecule has 0 aromatic heterocycles. The molecule has 1 fully saturated rings. The first-order valence-electron chi connectivity index (χ1n) is 5.77. The molecule has 0 bridgehead atoms. The third-order valence-corrected chi connectivity index (χ3v) is 4.33. The van der Waals surface area contributed by atoms with E-state index >= 15 is 0 Å². The minimum Gasteiger partial charge on any atom is -0.493 e. The van der Waals surface area contributed by atoms with Crippen LogP contribution < -0.4 is 19.5 Å². The number of benzene rings is 1. The molecule has 0 amide bonds. The number of fused-ring (bicyclic) bond motifs is 1. The van der Waals surface area contributed by atoms with Crippen molar-refractivity contribution < 1.29 is 24.1 Å². The number of hydrogen-bond donors (Lipinski definition) is 2. The maximum Gasteiger partial charge on any atom is 0.321 e. The summed E-state index contributed by atoms with van der Waals surface area (Å²) in [5.74, 6) is 1.55. The van der Waals surface area contributed by atoms with E-state index in [0.29, 0.717) is 23.0 Å². The highest BCUT2D eigenvalue weighted by Crippen LogP contribution is 2.45. The van der Waals surface area contributed by atoms with Gasteiger partial charge in [-0.25, -0.2) is 0 Å². The SMILES string of the molecule is COc1cc(C2NC(C(=O)O)CS2)cc2c1OCO2. The van der Waals surface area contributed by atoms with Crippen molar-refractivity contribution in [2.24, 2.45) is 0 Å². The molecule has 7 heteroatoms. The number of rotatable bonds is 3. The van der Waals surface area contributed by atoms with Crippen molar-refractivity contribution in [1.29, 1.82) is 0 Å². The van der Waals surface area contributed by atoms with Crippen molar-refractivity contribution >= 4 is 17.7 Å². The van der Waals surface area contributed by atoms with Crippen LogP contribution in [-0.4, -0.2) is 36.8 Å².